The van der Waals surface area contributed by atoms with Crippen LogP contribution in [0.2, 0.25) is 0 Å². The van der Waals surface area contributed by atoms with E-state index in [2.05, 4.69) is 31.3 Å². The molecule has 0 bridgehead atoms. The summed E-state index contributed by atoms with van der Waals surface area (Å²) >= 11 is 0. The molecule has 0 saturated carbocycles. The molecule has 1 atom stereocenters. The van der Waals surface area contributed by atoms with Gasteiger partial charge in [-0.15, -0.1) is 0 Å². The first kappa shape index (κ1) is 16.1. The van der Waals surface area contributed by atoms with Crippen LogP contribution < -0.4 is 5.32 Å². The molecule has 0 unspecified atom stereocenters. The van der Waals surface area contributed by atoms with E-state index in [1.165, 1.54) is 0 Å². The van der Waals surface area contributed by atoms with Crippen molar-refractivity contribution in [2.45, 2.75) is 25.3 Å². The SMILES string of the molecule is CN(C)C(=O)[C@@H](Nc1ccccc1)C(C)(C)c1ccccc1. The zero-order chi connectivity index (χ0) is 16.2. The lowest BCUT2D eigenvalue weighted by Gasteiger charge is -2.36. The van der Waals surface area contributed by atoms with Crippen molar-refractivity contribution >= 4 is 11.6 Å². The van der Waals surface area contributed by atoms with Crippen LogP contribution in [0.4, 0.5) is 5.69 Å². The minimum Gasteiger partial charge on any atom is -0.373 e. The molecular weight excluding hydrogens is 272 g/mol. The highest BCUT2D eigenvalue weighted by molar-refractivity contribution is 5.86. The second-order valence-corrected chi connectivity index (χ2v) is 6.26. The van der Waals surface area contributed by atoms with Crippen molar-refractivity contribution in [3.63, 3.8) is 0 Å². The molecule has 0 radical (unpaired) electrons. The molecule has 0 aromatic heterocycles. The van der Waals surface area contributed by atoms with E-state index in [1.807, 2.05) is 48.5 Å². The Balaban J connectivity index is 2.38. The summed E-state index contributed by atoms with van der Waals surface area (Å²) in [4.78, 5) is 14.4. The highest BCUT2D eigenvalue weighted by atomic mass is 16.2. The molecule has 0 spiro atoms. The summed E-state index contributed by atoms with van der Waals surface area (Å²) in [5, 5.41) is 3.41. The maximum atomic E-state index is 12.7. The zero-order valence-electron chi connectivity index (χ0n) is 13.7. The summed E-state index contributed by atoms with van der Waals surface area (Å²) in [7, 11) is 3.59. The fraction of sp³-hybridized carbons (Fsp3) is 0.316. The summed E-state index contributed by atoms with van der Waals surface area (Å²) in [6.07, 6.45) is 0. The highest BCUT2D eigenvalue weighted by Gasteiger charge is 2.37. The van der Waals surface area contributed by atoms with Crippen LogP contribution >= 0.6 is 0 Å². The largest absolute Gasteiger partial charge is 0.373 e. The van der Waals surface area contributed by atoms with E-state index in [0.717, 1.165) is 11.3 Å². The van der Waals surface area contributed by atoms with Crippen LogP contribution in [0.3, 0.4) is 0 Å². The van der Waals surface area contributed by atoms with Gasteiger partial charge in [-0.2, -0.15) is 0 Å². The minimum absolute atomic E-state index is 0.0673. The Bertz CT molecular complexity index is 606. The van der Waals surface area contributed by atoms with Crippen molar-refractivity contribution in [1.29, 1.82) is 0 Å². The van der Waals surface area contributed by atoms with Gasteiger partial charge >= 0.3 is 0 Å². The average molecular weight is 296 g/mol. The van der Waals surface area contributed by atoms with Gasteiger partial charge in [0.05, 0.1) is 0 Å². The Morgan fingerprint density at radius 2 is 1.45 bits per heavy atom. The Labute approximate surface area is 133 Å². The third kappa shape index (κ3) is 3.48. The number of nitrogens with zero attached hydrogens (tertiary/aromatic N) is 1. The smallest absolute Gasteiger partial charge is 0.245 e. The van der Waals surface area contributed by atoms with Crippen molar-refractivity contribution in [2.75, 3.05) is 19.4 Å². The molecule has 0 fully saturated rings. The number of hydrogen-bond acceptors (Lipinski definition) is 2. The van der Waals surface area contributed by atoms with E-state index >= 15 is 0 Å². The molecule has 1 N–H and O–H groups in total. The number of hydrogen-bond donors (Lipinski definition) is 1. The number of nitrogens with one attached hydrogen (secondary N) is 1. The fourth-order valence-corrected chi connectivity index (χ4v) is 2.54. The lowest BCUT2D eigenvalue weighted by molar-refractivity contribution is -0.130. The lowest BCUT2D eigenvalue weighted by Crippen LogP contribution is -2.50. The molecular formula is C19H24N2O. The summed E-state index contributed by atoms with van der Waals surface area (Å²) in [6.45, 7) is 4.20. The van der Waals surface area contributed by atoms with Crippen molar-refractivity contribution in [1.82, 2.24) is 4.90 Å². The third-order valence-electron chi connectivity index (χ3n) is 4.01. The van der Waals surface area contributed by atoms with Gasteiger partial charge in [-0.3, -0.25) is 4.79 Å². The lowest BCUT2D eigenvalue weighted by atomic mass is 9.77. The van der Waals surface area contributed by atoms with Crippen molar-refractivity contribution in [3.8, 4) is 0 Å². The first-order chi connectivity index (χ1) is 10.4. The third-order valence-corrected chi connectivity index (χ3v) is 4.01. The molecule has 2 aromatic rings. The van der Waals surface area contributed by atoms with Gasteiger partial charge in [-0.25, -0.2) is 0 Å². The number of carbonyl (C=O) groups is 1. The summed E-state index contributed by atoms with van der Waals surface area (Å²) < 4.78 is 0. The standard InChI is InChI=1S/C19H24N2O/c1-19(2,15-11-7-5-8-12-15)17(18(22)21(3)4)20-16-13-9-6-10-14-16/h5-14,17,20H,1-4H3/t17-/m1/s1. The van der Waals surface area contributed by atoms with Crippen molar-refractivity contribution in [2.24, 2.45) is 0 Å². The Hall–Kier alpha value is -2.29. The molecule has 0 saturated heterocycles. The topological polar surface area (TPSA) is 32.3 Å². The summed E-state index contributed by atoms with van der Waals surface area (Å²) in [5.74, 6) is 0.0673. The number of amides is 1. The number of para-hydroxylation sites is 1. The van der Waals surface area contributed by atoms with E-state index in [4.69, 9.17) is 0 Å². The zero-order valence-corrected chi connectivity index (χ0v) is 13.7. The maximum absolute atomic E-state index is 12.7. The number of rotatable bonds is 5. The summed E-state index contributed by atoms with van der Waals surface area (Å²) in [6, 6.07) is 19.7. The molecule has 3 nitrogen and oxygen atoms in total. The second kappa shape index (κ2) is 6.65. The van der Waals surface area contributed by atoms with Crippen LogP contribution in [0, 0.1) is 0 Å². The van der Waals surface area contributed by atoms with Gasteiger partial charge in [0.1, 0.15) is 6.04 Å². The molecule has 22 heavy (non-hydrogen) atoms. The van der Waals surface area contributed by atoms with E-state index in [0.29, 0.717) is 0 Å². The number of benzene rings is 2. The molecule has 0 aliphatic carbocycles. The van der Waals surface area contributed by atoms with E-state index in [9.17, 15) is 4.79 Å². The number of likely N-dealkylation sites (N-methyl/N-ethyl adjacent to an activating group) is 1. The number of carbonyl (C=O) groups excluding carboxylic acids is 1. The minimum atomic E-state index is -0.340. The highest BCUT2D eigenvalue weighted by Crippen LogP contribution is 2.30. The van der Waals surface area contributed by atoms with Gasteiger partial charge < -0.3 is 10.2 Å². The van der Waals surface area contributed by atoms with E-state index in [-0.39, 0.29) is 17.4 Å². The quantitative estimate of drug-likeness (QED) is 0.915. The van der Waals surface area contributed by atoms with Crippen molar-refractivity contribution < 1.29 is 4.79 Å². The number of anilines is 1. The van der Waals surface area contributed by atoms with Gasteiger partial charge in [0.2, 0.25) is 5.91 Å². The fourth-order valence-electron chi connectivity index (χ4n) is 2.54. The van der Waals surface area contributed by atoms with Gasteiger partial charge in [0, 0.05) is 25.2 Å². The monoisotopic (exact) mass is 296 g/mol. The molecule has 0 heterocycles. The first-order valence-corrected chi connectivity index (χ1v) is 7.51. The van der Waals surface area contributed by atoms with Gasteiger partial charge in [0.25, 0.3) is 0 Å². The van der Waals surface area contributed by atoms with Crippen LogP contribution in [0.15, 0.2) is 60.7 Å². The first-order valence-electron chi connectivity index (χ1n) is 7.51. The molecule has 116 valence electrons. The predicted molar refractivity (Wildman–Crippen MR) is 92.0 cm³/mol. The predicted octanol–water partition coefficient (Wildman–Crippen LogP) is 3.53. The van der Waals surface area contributed by atoms with E-state index in [1.54, 1.807) is 19.0 Å². The molecule has 2 aromatic carbocycles. The Kier molecular flexibility index (Phi) is 4.86. The van der Waals surface area contributed by atoms with Gasteiger partial charge in [-0.05, 0) is 17.7 Å². The average Bonchev–Trinajstić information content (AvgIpc) is 2.53. The molecule has 0 aliphatic rings. The van der Waals surface area contributed by atoms with Crippen LogP contribution in [0.5, 0.6) is 0 Å². The van der Waals surface area contributed by atoms with Crippen LogP contribution in [0.1, 0.15) is 19.4 Å². The maximum Gasteiger partial charge on any atom is 0.245 e. The molecule has 1 amide bonds. The Morgan fingerprint density at radius 3 is 1.95 bits per heavy atom. The van der Waals surface area contributed by atoms with E-state index < -0.39 is 0 Å². The molecule has 2 rings (SSSR count). The molecule has 3 heteroatoms. The normalized spacial score (nSPS) is 12.5. The van der Waals surface area contributed by atoms with Crippen LogP contribution in [-0.4, -0.2) is 30.9 Å². The molecule has 0 aliphatic heterocycles. The van der Waals surface area contributed by atoms with Gasteiger partial charge in [0.15, 0.2) is 0 Å². The summed E-state index contributed by atoms with van der Waals surface area (Å²) in [5.41, 5.74) is 1.75. The van der Waals surface area contributed by atoms with Crippen molar-refractivity contribution in [3.05, 3.63) is 66.2 Å². The van der Waals surface area contributed by atoms with Crippen LogP contribution in [-0.2, 0) is 10.2 Å². The van der Waals surface area contributed by atoms with Crippen LogP contribution in [0.25, 0.3) is 0 Å². The Morgan fingerprint density at radius 1 is 0.955 bits per heavy atom. The van der Waals surface area contributed by atoms with Gasteiger partial charge in [-0.1, -0.05) is 62.4 Å². The second-order valence-electron chi connectivity index (χ2n) is 6.26.